The molecule has 4 rings (SSSR count). The topological polar surface area (TPSA) is 22.0 Å². The SMILES string of the molecule is CC(=O)c1ccc2c(C3CCCCC3)c(-c3cccs3)n(C)c2c1. The predicted octanol–water partition coefficient (Wildman–Crippen LogP) is 6.16. The number of hydrogen-bond acceptors (Lipinski definition) is 2. The van der Waals surface area contributed by atoms with Gasteiger partial charge in [0.05, 0.1) is 10.6 Å². The Balaban J connectivity index is 1.99. The Morgan fingerprint density at radius 2 is 1.96 bits per heavy atom. The highest BCUT2D eigenvalue weighted by atomic mass is 32.1. The van der Waals surface area contributed by atoms with E-state index >= 15 is 0 Å². The number of carbonyl (C=O) groups excluding carboxylic acids is 1. The molecule has 0 amide bonds. The van der Waals surface area contributed by atoms with Crippen molar-refractivity contribution in [3.05, 3.63) is 46.8 Å². The van der Waals surface area contributed by atoms with Crippen LogP contribution in [0.15, 0.2) is 35.7 Å². The van der Waals surface area contributed by atoms with Crippen LogP contribution in [-0.4, -0.2) is 10.4 Å². The summed E-state index contributed by atoms with van der Waals surface area (Å²) in [7, 11) is 2.15. The Kier molecular flexibility index (Phi) is 4.05. The first-order chi connectivity index (χ1) is 11.7. The van der Waals surface area contributed by atoms with Crippen LogP contribution in [0.1, 0.15) is 60.9 Å². The molecule has 2 nitrogen and oxygen atoms in total. The van der Waals surface area contributed by atoms with Gasteiger partial charge >= 0.3 is 0 Å². The van der Waals surface area contributed by atoms with E-state index in [0.717, 1.165) is 5.56 Å². The van der Waals surface area contributed by atoms with Gasteiger partial charge in [-0.2, -0.15) is 0 Å². The largest absolute Gasteiger partial charge is 0.343 e. The van der Waals surface area contributed by atoms with Crippen LogP contribution in [0.2, 0.25) is 0 Å². The van der Waals surface area contributed by atoms with E-state index in [-0.39, 0.29) is 5.78 Å². The zero-order valence-corrected chi connectivity index (χ0v) is 15.2. The minimum atomic E-state index is 0.134. The van der Waals surface area contributed by atoms with Crippen molar-refractivity contribution in [1.29, 1.82) is 0 Å². The van der Waals surface area contributed by atoms with Crippen LogP contribution >= 0.6 is 11.3 Å². The number of benzene rings is 1. The number of Topliss-reactive ketones (excluding diaryl/α,β-unsaturated/α-hetero) is 1. The number of ketones is 1. The fourth-order valence-corrected chi connectivity index (χ4v) is 5.02. The fourth-order valence-electron chi connectivity index (χ4n) is 4.20. The Bertz CT molecular complexity index is 882. The fraction of sp³-hybridized carbons (Fsp3) is 0.381. The number of aromatic nitrogens is 1. The minimum absolute atomic E-state index is 0.134. The Morgan fingerprint density at radius 3 is 2.62 bits per heavy atom. The lowest BCUT2D eigenvalue weighted by atomic mass is 9.82. The number of hydrogen-bond donors (Lipinski definition) is 0. The summed E-state index contributed by atoms with van der Waals surface area (Å²) in [6, 6.07) is 10.6. The third-order valence-corrected chi connectivity index (χ3v) is 6.29. The van der Waals surface area contributed by atoms with Crippen molar-refractivity contribution in [2.75, 3.05) is 0 Å². The van der Waals surface area contributed by atoms with E-state index in [1.165, 1.54) is 59.1 Å². The van der Waals surface area contributed by atoms with Gasteiger partial charge in [0.1, 0.15) is 0 Å². The molecule has 24 heavy (non-hydrogen) atoms. The average Bonchev–Trinajstić information content (AvgIpc) is 3.22. The summed E-state index contributed by atoms with van der Waals surface area (Å²) in [5.74, 6) is 0.776. The van der Waals surface area contributed by atoms with Gasteiger partial charge in [-0.05, 0) is 48.8 Å². The molecule has 1 aromatic carbocycles. The molecule has 0 N–H and O–H groups in total. The zero-order valence-electron chi connectivity index (χ0n) is 14.3. The molecular formula is C21H23NOS. The van der Waals surface area contributed by atoms with E-state index in [2.05, 4.69) is 41.3 Å². The minimum Gasteiger partial charge on any atom is -0.343 e. The molecule has 2 heterocycles. The molecule has 1 saturated carbocycles. The molecular weight excluding hydrogens is 314 g/mol. The Labute approximate surface area is 147 Å². The molecule has 0 saturated heterocycles. The molecule has 0 atom stereocenters. The van der Waals surface area contributed by atoms with E-state index in [1.54, 1.807) is 18.3 Å². The van der Waals surface area contributed by atoms with Gasteiger partial charge in [-0.3, -0.25) is 4.79 Å². The molecule has 124 valence electrons. The quantitative estimate of drug-likeness (QED) is 0.525. The molecule has 1 fully saturated rings. The van der Waals surface area contributed by atoms with E-state index in [0.29, 0.717) is 5.92 Å². The second-order valence-electron chi connectivity index (χ2n) is 6.92. The van der Waals surface area contributed by atoms with Crippen LogP contribution in [-0.2, 0) is 7.05 Å². The molecule has 3 heteroatoms. The van der Waals surface area contributed by atoms with E-state index < -0.39 is 0 Å². The third-order valence-electron chi connectivity index (χ3n) is 5.41. The van der Waals surface area contributed by atoms with Crippen molar-refractivity contribution in [2.24, 2.45) is 7.05 Å². The maximum atomic E-state index is 11.8. The molecule has 0 bridgehead atoms. The molecule has 3 aromatic rings. The zero-order chi connectivity index (χ0) is 16.7. The maximum absolute atomic E-state index is 11.8. The molecule has 1 aliphatic carbocycles. The molecule has 1 aliphatic rings. The summed E-state index contributed by atoms with van der Waals surface area (Å²) >= 11 is 1.81. The third kappa shape index (κ3) is 2.51. The second-order valence-corrected chi connectivity index (χ2v) is 7.87. The van der Waals surface area contributed by atoms with Gasteiger partial charge in [-0.1, -0.05) is 37.5 Å². The highest BCUT2D eigenvalue weighted by Gasteiger charge is 2.26. The van der Waals surface area contributed by atoms with Gasteiger partial charge in [0.2, 0.25) is 0 Å². The number of aryl methyl sites for hydroxylation is 1. The highest BCUT2D eigenvalue weighted by molar-refractivity contribution is 7.13. The second kappa shape index (κ2) is 6.21. The Morgan fingerprint density at radius 1 is 1.17 bits per heavy atom. The summed E-state index contributed by atoms with van der Waals surface area (Å²) in [6.45, 7) is 1.65. The summed E-state index contributed by atoms with van der Waals surface area (Å²) in [5, 5.41) is 3.48. The number of carbonyl (C=O) groups is 1. The van der Waals surface area contributed by atoms with Gasteiger partial charge in [-0.15, -0.1) is 11.3 Å². The number of thiophene rings is 1. The molecule has 0 spiro atoms. The van der Waals surface area contributed by atoms with Crippen molar-refractivity contribution >= 4 is 28.0 Å². The van der Waals surface area contributed by atoms with Gasteiger partial charge in [-0.25, -0.2) is 0 Å². The number of rotatable bonds is 3. The smallest absolute Gasteiger partial charge is 0.159 e. The first kappa shape index (κ1) is 15.6. The lowest BCUT2D eigenvalue weighted by Gasteiger charge is -2.23. The van der Waals surface area contributed by atoms with Crippen molar-refractivity contribution in [3.8, 4) is 10.6 Å². The van der Waals surface area contributed by atoms with Gasteiger partial charge in [0.15, 0.2) is 5.78 Å². The summed E-state index contributed by atoms with van der Waals surface area (Å²) < 4.78 is 2.30. The average molecular weight is 337 g/mol. The van der Waals surface area contributed by atoms with E-state index in [4.69, 9.17) is 0 Å². The predicted molar refractivity (Wildman–Crippen MR) is 102 cm³/mol. The highest BCUT2D eigenvalue weighted by Crippen LogP contribution is 2.44. The van der Waals surface area contributed by atoms with Crippen LogP contribution in [0.3, 0.4) is 0 Å². The molecule has 2 aromatic heterocycles. The first-order valence-corrected chi connectivity index (χ1v) is 9.72. The van der Waals surface area contributed by atoms with Crippen LogP contribution in [0.25, 0.3) is 21.5 Å². The van der Waals surface area contributed by atoms with Crippen LogP contribution in [0.4, 0.5) is 0 Å². The summed E-state index contributed by atoms with van der Waals surface area (Å²) in [4.78, 5) is 13.1. The van der Waals surface area contributed by atoms with Gasteiger partial charge < -0.3 is 4.57 Å². The van der Waals surface area contributed by atoms with Crippen LogP contribution < -0.4 is 0 Å². The molecule has 0 aliphatic heterocycles. The normalized spacial score (nSPS) is 15.9. The van der Waals surface area contributed by atoms with Crippen molar-refractivity contribution in [3.63, 3.8) is 0 Å². The van der Waals surface area contributed by atoms with Gasteiger partial charge in [0.25, 0.3) is 0 Å². The van der Waals surface area contributed by atoms with E-state index in [9.17, 15) is 4.79 Å². The van der Waals surface area contributed by atoms with Crippen LogP contribution in [0.5, 0.6) is 0 Å². The Hall–Kier alpha value is -1.87. The molecule has 0 unspecified atom stereocenters. The molecule has 0 radical (unpaired) electrons. The van der Waals surface area contributed by atoms with Crippen molar-refractivity contribution in [1.82, 2.24) is 4.57 Å². The van der Waals surface area contributed by atoms with E-state index in [1.807, 2.05) is 6.07 Å². The van der Waals surface area contributed by atoms with Crippen LogP contribution in [0, 0.1) is 0 Å². The lowest BCUT2D eigenvalue weighted by Crippen LogP contribution is -2.05. The monoisotopic (exact) mass is 337 g/mol. The summed E-state index contributed by atoms with van der Waals surface area (Å²) in [6.07, 6.45) is 6.59. The lowest BCUT2D eigenvalue weighted by molar-refractivity contribution is 0.101. The van der Waals surface area contributed by atoms with Crippen molar-refractivity contribution < 1.29 is 4.79 Å². The van der Waals surface area contributed by atoms with Gasteiger partial charge in [0, 0.05) is 23.5 Å². The number of fused-ring (bicyclic) bond motifs is 1. The maximum Gasteiger partial charge on any atom is 0.159 e. The van der Waals surface area contributed by atoms with Crippen molar-refractivity contribution in [2.45, 2.75) is 44.9 Å². The summed E-state index contributed by atoms with van der Waals surface area (Å²) in [5.41, 5.74) is 4.85. The number of nitrogens with zero attached hydrogens (tertiary/aromatic N) is 1. The first-order valence-electron chi connectivity index (χ1n) is 8.84. The standard InChI is InChI=1S/C21H23NOS/c1-14(23)16-10-11-17-18(13-16)22(2)21(19-9-6-12-24-19)20(17)15-7-4-3-5-8-15/h6,9-13,15H,3-5,7-8H2,1-2H3.